The molecule has 1 aliphatic carbocycles. The summed E-state index contributed by atoms with van der Waals surface area (Å²) < 4.78 is 5.55. The van der Waals surface area contributed by atoms with Gasteiger partial charge in [-0.2, -0.15) is 0 Å². The van der Waals surface area contributed by atoms with Gasteiger partial charge in [0.05, 0.1) is 5.69 Å². The smallest absolute Gasteiger partial charge is 0.373 e. The zero-order chi connectivity index (χ0) is 14.4. The van der Waals surface area contributed by atoms with Crippen LogP contribution in [0.4, 0.5) is 0 Å². The van der Waals surface area contributed by atoms with Crippen LogP contribution in [0.2, 0.25) is 0 Å². The van der Waals surface area contributed by atoms with Crippen molar-refractivity contribution in [2.45, 2.75) is 39.5 Å². The van der Waals surface area contributed by atoms with Gasteiger partial charge in [-0.1, -0.05) is 17.7 Å². The lowest BCUT2D eigenvalue weighted by atomic mass is 10.00. The molecule has 4 nitrogen and oxygen atoms in total. The van der Waals surface area contributed by atoms with E-state index in [0.717, 1.165) is 29.5 Å². The number of aromatic carboxylic acids is 1. The van der Waals surface area contributed by atoms with Crippen LogP contribution in [0.5, 0.6) is 0 Å². The van der Waals surface area contributed by atoms with Crippen LogP contribution in [0.1, 0.15) is 51.7 Å². The number of carbonyl (C=O) groups is 1. The number of hydrogen-bond donors (Lipinski definition) is 1. The van der Waals surface area contributed by atoms with Gasteiger partial charge in [0, 0.05) is 11.5 Å². The molecule has 1 saturated carbocycles. The summed E-state index contributed by atoms with van der Waals surface area (Å²) in [7, 11) is 0. The van der Waals surface area contributed by atoms with Gasteiger partial charge < -0.3 is 9.52 Å². The van der Waals surface area contributed by atoms with Crippen molar-refractivity contribution in [3.05, 3.63) is 40.3 Å². The zero-order valence-corrected chi connectivity index (χ0v) is 11.9. The molecule has 1 aromatic heterocycles. The molecule has 0 amide bonds. The molecule has 104 valence electrons. The Labute approximate surface area is 117 Å². The maximum Gasteiger partial charge on any atom is 0.373 e. The molecule has 20 heavy (non-hydrogen) atoms. The summed E-state index contributed by atoms with van der Waals surface area (Å²) in [6, 6.07) is 4.12. The summed E-state index contributed by atoms with van der Waals surface area (Å²) in [6.07, 6.45) is 2.00. The topological polar surface area (TPSA) is 63.3 Å². The Morgan fingerprint density at radius 3 is 2.35 bits per heavy atom. The lowest BCUT2D eigenvalue weighted by molar-refractivity contribution is 0.0661. The molecule has 1 aliphatic rings. The molecule has 0 radical (unpaired) electrons. The number of carboxylic acid groups (broad SMARTS) is 1. The largest absolute Gasteiger partial charge is 0.475 e. The first-order chi connectivity index (χ1) is 9.47. The fraction of sp³-hybridized carbons (Fsp3) is 0.375. The van der Waals surface area contributed by atoms with Crippen LogP contribution in [0.3, 0.4) is 0 Å². The van der Waals surface area contributed by atoms with Crippen molar-refractivity contribution >= 4 is 5.97 Å². The molecule has 0 spiro atoms. The maximum absolute atomic E-state index is 11.3. The molecular weight excluding hydrogens is 254 g/mol. The van der Waals surface area contributed by atoms with E-state index in [1.807, 2.05) is 20.8 Å². The predicted octanol–water partition coefficient (Wildman–Crippen LogP) is 3.84. The quantitative estimate of drug-likeness (QED) is 0.921. The monoisotopic (exact) mass is 271 g/mol. The van der Waals surface area contributed by atoms with Gasteiger partial charge in [-0.15, -0.1) is 0 Å². The second-order valence-electron chi connectivity index (χ2n) is 5.59. The van der Waals surface area contributed by atoms with Crippen LogP contribution in [0, 0.1) is 20.8 Å². The van der Waals surface area contributed by atoms with Gasteiger partial charge in [-0.25, -0.2) is 9.78 Å². The van der Waals surface area contributed by atoms with Gasteiger partial charge in [0.15, 0.2) is 0 Å². The highest BCUT2D eigenvalue weighted by Gasteiger charge is 2.34. The van der Waals surface area contributed by atoms with Crippen LogP contribution in [0.25, 0.3) is 11.5 Å². The van der Waals surface area contributed by atoms with Gasteiger partial charge in [-0.3, -0.25) is 0 Å². The minimum atomic E-state index is -1.03. The Hall–Kier alpha value is -2.10. The van der Waals surface area contributed by atoms with E-state index in [2.05, 4.69) is 17.1 Å². The maximum atomic E-state index is 11.3. The van der Waals surface area contributed by atoms with Crippen molar-refractivity contribution in [1.82, 2.24) is 4.98 Å². The Morgan fingerprint density at radius 1 is 1.25 bits per heavy atom. The fourth-order valence-electron chi connectivity index (χ4n) is 2.74. The molecular formula is C16H17NO3. The molecule has 0 atom stereocenters. The Bertz CT molecular complexity index is 673. The second kappa shape index (κ2) is 4.47. The number of nitrogens with zero attached hydrogens (tertiary/aromatic N) is 1. The summed E-state index contributed by atoms with van der Waals surface area (Å²) in [5, 5.41) is 9.25. The highest BCUT2D eigenvalue weighted by molar-refractivity contribution is 5.86. The van der Waals surface area contributed by atoms with Crippen molar-refractivity contribution in [3.8, 4) is 11.5 Å². The van der Waals surface area contributed by atoms with Gasteiger partial charge in [0.25, 0.3) is 0 Å². The SMILES string of the molecule is Cc1cc(C)c(-c2nc(C3CC3)c(C(=O)O)o2)c(C)c1. The lowest BCUT2D eigenvalue weighted by Gasteiger charge is -2.07. The standard InChI is InChI=1S/C16H17NO3/c1-8-6-9(2)12(10(3)7-8)15-17-13(11-4-5-11)14(20-15)16(18)19/h6-7,11H,4-5H2,1-3H3,(H,18,19). The number of oxazole rings is 1. The average Bonchev–Trinajstić information content (AvgIpc) is 3.08. The Kier molecular flexibility index (Phi) is 2.89. The third-order valence-corrected chi connectivity index (χ3v) is 3.70. The van der Waals surface area contributed by atoms with E-state index >= 15 is 0 Å². The van der Waals surface area contributed by atoms with Crippen molar-refractivity contribution < 1.29 is 14.3 Å². The minimum Gasteiger partial charge on any atom is -0.475 e. The number of hydrogen-bond acceptors (Lipinski definition) is 3. The van der Waals surface area contributed by atoms with Crippen LogP contribution < -0.4 is 0 Å². The van der Waals surface area contributed by atoms with Crippen molar-refractivity contribution in [3.63, 3.8) is 0 Å². The number of rotatable bonds is 3. The first-order valence-corrected chi connectivity index (χ1v) is 6.79. The summed E-state index contributed by atoms with van der Waals surface area (Å²) in [6.45, 7) is 6.03. The van der Waals surface area contributed by atoms with Crippen LogP contribution in [0.15, 0.2) is 16.5 Å². The molecule has 0 bridgehead atoms. The molecule has 0 saturated heterocycles. The Morgan fingerprint density at radius 2 is 1.85 bits per heavy atom. The normalized spacial score (nSPS) is 14.6. The summed E-state index contributed by atoms with van der Waals surface area (Å²) in [5.74, 6) is -0.348. The summed E-state index contributed by atoms with van der Waals surface area (Å²) in [4.78, 5) is 15.8. The first-order valence-electron chi connectivity index (χ1n) is 6.79. The summed E-state index contributed by atoms with van der Waals surface area (Å²) >= 11 is 0. The molecule has 3 rings (SSSR count). The number of aromatic nitrogens is 1. The van der Waals surface area contributed by atoms with Crippen LogP contribution in [-0.2, 0) is 0 Å². The van der Waals surface area contributed by atoms with Crippen LogP contribution in [-0.4, -0.2) is 16.1 Å². The predicted molar refractivity (Wildman–Crippen MR) is 75.1 cm³/mol. The van der Waals surface area contributed by atoms with E-state index in [9.17, 15) is 9.90 Å². The van der Waals surface area contributed by atoms with E-state index in [0.29, 0.717) is 11.6 Å². The minimum absolute atomic E-state index is 0.00174. The number of carboxylic acids is 1. The van der Waals surface area contributed by atoms with Gasteiger partial charge in [0.1, 0.15) is 0 Å². The molecule has 0 unspecified atom stereocenters. The van der Waals surface area contributed by atoms with E-state index in [1.54, 1.807) is 0 Å². The van der Waals surface area contributed by atoms with Gasteiger partial charge in [-0.05, 0) is 44.7 Å². The van der Waals surface area contributed by atoms with E-state index < -0.39 is 5.97 Å². The molecule has 1 aromatic carbocycles. The molecule has 1 heterocycles. The number of aryl methyl sites for hydroxylation is 3. The van der Waals surface area contributed by atoms with Gasteiger partial charge in [0.2, 0.25) is 11.7 Å². The fourth-order valence-corrected chi connectivity index (χ4v) is 2.74. The van der Waals surface area contributed by atoms with E-state index in [-0.39, 0.29) is 11.7 Å². The van der Waals surface area contributed by atoms with Gasteiger partial charge >= 0.3 is 5.97 Å². The first kappa shape index (κ1) is 12.9. The van der Waals surface area contributed by atoms with Crippen LogP contribution >= 0.6 is 0 Å². The molecule has 1 N–H and O–H groups in total. The second-order valence-corrected chi connectivity index (χ2v) is 5.59. The van der Waals surface area contributed by atoms with Crippen molar-refractivity contribution in [2.75, 3.05) is 0 Å². The zero-order valence-electron chi connectivity index (χ0n) is 11.9. The highest BCUT2D eigenvalue weighted by atomic mass is 16.4. The van der Waals surface area contributed by atoms with E-state index in [4.69, 9.17) is 4.42 Å². The van der Waals surface area contributed by atoms with Crippen molar-refractivity contribution in [1.29, 1.82) is 0 Å². The van der Waals surface area contributed by atoms with E-state index in [1.165, 1.54) is 5.56 Å². The molecule has 2 aromatic rings. The molecule has 4 heteroatoms. The lowest BCUT2D eigenvalue weighted by Crippen LogP contribution is -1.98. The molecule has 1 fully saturated rings. The third kappa shape index (κ3) is 2.11. The summed E-state index contributed by atoms with van der Waals surface area (Å²) in [5.41, 5.74) is 4.80. The highest BCUT2D eigenvalue weighted by Crippen LogP contribution is 2.43. The Balaban J connectivity index is 2.16. The number of benzene rings is 1. The average molecular weight is 271 g/mol. The van der Waals surface area contributed by atoms with Crippen molar-refractivity contribution in [2.24, 2.45) is 0 Å². The molecule has 0 aliphatic heterocycles. The third-order valence-electron chi connectivity index (χ3n) is 3.70.